The normalized spacial score (nSPS) is 12.3. The van der Waals surface area contributed by atoms with Gasteiger partial charge in [-0.2, -0.15) is 0 Å². The second-order valence-corrected chi connectivity index (χ2v) is 5.50. The lowest BCUT2D eigenvalue weighted by Crippen LogP contribution is -2.38. The lowest BCUT2D eigenvalue weighted by molar-refractivity contribution is 0.571. The Morgan fingerprint density at radius 1 is 1.05 bits per heavy atom. The Kier molecular flexibility index (Phi) is 5.52. The van der Waals surface area contributed by atoms with Gasteiger partial charge in [0.05, 0.1) is 0 Å². The van der Waals surface area contributed by atoms with Crippen molar-refractivity contribution in [2.45, 2.75) is 17.4 Å². The van der Waals surface area contributed by atoms with Gasteiger partial charge in [0.25, 0.3) is 0 Å². The summed E-state index contributed by atoms with van der Waals surface area (Å²) >= 11 is 1.41. The fourth-order valence-corrected chi connectivity index (χ4v) is 2.80. The monoisotopic (exact) mass is 294 g/mol. The van der Waals surface area contributed by atoms with Crippen LogP contribution < -0.4 is 11.3 Å². The van der Waals surface area contributed by atoms with Gasteiger partial charge in [-0.1, -0.05) is 24.3 Å². The molecule has 2 aromatic carbocycles. The van der Waals surface area contributed by atoms with Gasteiger partial charge in [-0.15, -0.1) is 11.8 Å². The zero-order chi connectivity index (χ0) is 14.4. The van der Waals surface area contributed by atoms with E-state index in [2.05, 4.69) is 5.43 Å². The first kappa shape index (κ1) is 15.0. The Morgan fingerprint density at radius 3 is 2.40 bits per heavy atom. The molecule has 20 heavy (non-hydrogen) atoms. The Bertz CT molecular complexity index is 546. The molecule has 0 heterocycles. The summed E-state index contributed by atoms with van der Waals surface area (Å²) in [5.41, 5.74) is 3.71. The van der Waals surface area contributed by atoms with Crippen LogP contribution in [0.25, 0.3) is 0 Å². The van der Waals surface area contributed by atoms with E-state index in [4.69, 9.17) is 5.84 Å². The zero-order valence-electron chi connectivity index (χ0n) is 10.9. The van der Waals surface area contributed by atoms with Crippen molar-refractivity contribution in [2.75, 3.05) is 5.75 Å². The van der Waals surface area contributed by atoms with Crippen LogP contribution in [0.5, 0.6) is 0 Å². The number of hydrogen-bond acceptors (Lipinski definition) is 3. The number of nitrogens with one attached hydrogen (secondary N) is 1. The zero-order valence-corrected chi connectivity index (χ0v) is 11.7. The number of hydrazine groups is 1. The molecule has 2 nitrogen and oxygen atoms in total. The Balaban J connectivity index is 1.92. The van der Waals surface area contributed by atoms with E-state index >= 15 is 0 Å². The topological polar surface area (TPSA) is 38.0 Å². The molecule has 0 aromatic heterocycles. The van der Waals surface area contributed by atoms with E-state index < -0.39 is 0 Å². The molecule has 106 valence electrons. The van der Waals surface area contributed by atoms with Crippen LogP contribution in [-0.4, -0.2) is 11.8 Å². The molecular formula is C15H16F2N2S. The molecule has 0 aliphatic rings. The van der Waals surface area contributed by atoms with E-state index in [0.29, 0.717) is 17.1 Å². The molecule has 2 rings (SSSR count). The summed E-state index contributed by atoms with van der Waals surface area (Å²) in [5.74, 6) is 5.67. The highest BCUT2D eigenvalue weighted by Crippen LogP contribution is 2.22. The molecular weight excluding hydrogens is 278 g/mol. The van der Waals surface area contributed by atoms with Crippen molar-refractivity contribution >= 4 is 11.8 Å². The summed E-state index contributed by atoms with van der Waals surface area (Å²) in [4.78, 5) is 0.604. The predicted molar refractivity (Wildman–Crippen MR) is 78.3 cm³/mol. The molecule has 0 fully saturated rings. The molecule has 5 heteroatoms. The molecule has 0 radical (unpaired) electrons. The van der Waals surface area contributed by atoms with Gasteiger partial charge < -0.3 is 0 Å². The van der Waals surface area contributed by atoms with Gasteiger partial charge in [-0.05, 0) is 36.2 Å². The SMILES string of the molecule is NNC(CSc1ccccc1F)Cc1ccc(F)cc1. The summed E-state index contributed by atoms with van der Waals surface area (Å²) < 4.78 is 26.3. The summed E-state index contributed by atoms with van der Waals surface area (Å²) in [6, 6.07) is 12.9. The van der Waals surface area contributed by atoms with E-state index in [1.165, 1.54) is 30.0 Å². The molecule has 0 saturated heterocycles. The van der Waals surface area contributed by atoms with Crippen molar-refractivity contribution in [1.29, 1.82) is 0 Å². The maximum atomic E-state index is 13.5. The number of hydrogen-bond donors (Lipinski definition) is 2. The van der Waals surface area contributed by atoms with Crippen molar-refractivity contribution in [3.8, 4) is 0 Å². The molecule has 1 unspecified atom stereocenters. The average Bonchev–Trinajstić information content (AvgIpc) is 2.47. The number of thioether (sulfide) groups is 1. The van der Waals surface area contributed by atoms with Crippen LogP contribution in [0.15, 0.2) is 53.4 Å². The third-order valence-electron chi connectivity index (χ3n) is 2.91. The van der Waals surface area contributed by atoms with Gasteiger partial charge >= 0.3 is 0 Å². The Hall–Kier alpha value is -1.43. The van der Waals surface area contributed by atoms with E-state index in [1.54, 1.807) is 30.3 Å². The van der Waals surface area contributed by atoms with Crippen molar-refractivity contribution in [3.63, 3.8) is 0 Å². The van der Waals surface area contributed by atoms with Gasteiger partial charge in [-0.25, -0.2) is 8.78 Å². The third kappa shape index (κ3) is 4.30. The highest BCUT2D eigenvalue weighted by Gasteiger charge is 2.10. The average molecular weight is 294 g/mol. The standard InChI is InChI=1S/C15H16F2N2S/c16-12-7-5-11(6-8-12)9-13(19-18)10-20-15-4-2-1-3-14(15)17/h1-8,13,19H,9-10,18H2. The molecule has 2 aromatic rings. The fraction of sp³-hybridized carbons (Fsp3) is 0.200. The largest absolute Gasteiger partial charge is 0.271 e. The summed E-state index contributed by atoms with van der Waals surface area (Å²) in [6.45, 7) is 0. The van der Waals surface area contributed by atoms with E-state index in [1.807, 2.05) is 0 Å². The highest BCUT2D eigenvalue weighted by molar-refractivity contribution is 7.99. The summed E-state index contributed by atoms with van der Waals surface area (Å²) in [6.07, 6.45) is 0.665. The van der Waals surface area contributed by atoms with E-state index in [0.717, 1.165) is 5.56 Å². The lowest BCUT2D eigenvalue weighted by Gasteiger charge is -2.15. The minimum atomic E-state index is -0.258. The van der Waals surface area contributed by atoms with Crippen LogP contribution in [0.4, 0.5) is 8.78 Å². The summed E-state index contributed by atoms with van der Waals surface area (Å²) in [7, 11) is 0. The van der Waals surface area contributed by atoms with Gasteiger partial charge in [0.1, 0.15) is 11.6 Å². The maximum absolute atomic E-state index is 13.5. The van der Waals surface area contributed by atoms with Crippen molar-refractivity contribution < 1.29 is 8.78 Å². The second-order valence-electron chi connectivity index (χ2n) is 4.44. The quantitative estimate of drug-likeness (QED) is 0.488. The van der Waals surface area contributed by atoms with Crippen LogP contribution in [0.3, 0.4) is 0 Å². The number of rotatable bonds is 6. The lowest BCUT2D eigenvalue weighted by atomic mass is 10.1. The predicted octanol–water partition coefficient (Wildman–Crippen LogP) is 3.13. The molecule has 0 aliphatic heterocycles. The van der Waals surface area contributed by atoms with E-state index in [9.17, 15) is 8.78 Å². The second kappa shape index (κ2) is 7.38. The van der Waals surface area contributed by atoms with Gasteiger partial charge in [-0.3, -0.25) is 11.3 Å². The van der Waals surface area contributed by atoms with Crippen LogP contribution >= 0.6 is 11.8 Å². The molecule has 0 aliphatic carbocycles. The number of halogens is 2. The number of nitrogens with two attached hydrogens (primary N) is 1. The van der Waals surface area contributed by atoms with Crippen molar-refractivity contribution in [1.82, 2.24) is 5.43 Å². The first-order valence-electron chi connectivity index (χ1n) is 6.27. The molecule has 0 spiro atoms. The minimum Gasteiger partial charge on any atom is -0.271 e. The van der Waals surface area contributed by atoms with Crippen LogP contribution in [0, 0.1) is 11.6 Å². The molecule has 3 N–H and O–H groups in total. The van der Waals surface area contributed by atoms with Crippen molar-refractivity contribution in [3.05, 3.63) is 65.7 Å². The van der Waals surface area contributed by atoms with Gasteiger partial charge in [0, 0.05) is 16.7 Å². The van der Waals surface area contributed by atoms with Crippen LogP contribution in [0.1, 0.15) is 5.56 Å². The molecule has 0 amide bonds. The molecule has 0 saturated carbocycles. The summed E-state index contributed by atoms with van der Waals surface area (Å²) in [5, 5.41) is 0. The fourth-order valence-electron chi connectivity index (χ4n) is 1.82. The van der Waals surface area contributed by atoms with E-state index in [-0.39, 0.29) is 17.7 Å². The van der Waals surface area contributed by atoms with Crippen LogP contribution in [-0.2, 0) is 6.42 Å². The van der Waals surface area contributed by atoms with Crippen LogP contribution in [0.2, 0.25) is 0 Å². The van der Waals surface area contributed by atoms with Gasteiger partial charge in [0.2, 0.25) is 0 Å². The van der Waals surface area contributed by atoms with Gasteiger partial charge in [0.15, 0.2) is 0 Å². The minimum absolute atomic E-state index is 0.00920. The maximum Gasteiger partial charge on any atom is 0.136 e. The first-order valence-corrected chi connectivity index (χ1v) is 7.25. The highest BCUT2D eigenvalue weighted by atomic mass is 32.2. The Morgan fingerprint density at radius 2 is 1.75 bits per heavy atom. The Labute approximate surface area is 121 Å². The third-order valence-corrected chi connectivity index (χ3v) is 4.12. The molecule has 0 bridgehead atoms. The number of benzene rings is 2. The molecule has 1 atom stereocenters. The first-order chi connectivity index (χ1) is 9.69. The van der Waals surface area contributed by atoms with Crippen molar-refractivity contribution in [2.24, 2.45) is 5.84 Å². The smallest absolute Gasteiger partial charge is 0.136 e.